The Bertz CT molecular complexity index is 1280. The second-order valence-electron chi connectivity index (χ2n) is 8.15. The van der Waals surface area contributed by atoms with E-state index in [1.807, 2.05) is 6.92 Å². The van der Waals surface area contributed by atoms with Crippen molar-refractivity contribution in [2.45, 2.75) is 43.5 Å². The number of hydrogen-bond donors (Lipinski definition) is 2. The van der Waals surface area contributed by atoms with E-state index in [0.29, 0.717) is 16.1 Å². The van der Waals surface area contributed by atoms with Crippen molar-refractivity contribution in [3.05, 3.63) is 75.9 Å². The number of rotatable bonds is 6. The molecule has 1 aliphatic rings. The maximum Gasteiger partial charge on any atom is 0.257 e. The van der Waals surface area contributed by atoms with Crippen molar-refractivity contribution in [3.8, 4) is 0 Å². The Kier molecular flexibility index (Phi) is 6.62. The fraction of sp³-hybridized carbons (Fsp3) is 0.292. The van der Waals surface area contributed by atoms with Crippen LogP contribution in [0.2, 0.25) is 0 Å². The van der Waals surface area contributed by atoms with Crippen molar-refractivity contribution in [3.63, 3.8) is 0 Å². The molecule has 0 bridgehead atoms. The first-order valence-electron chi connectivity index (χ1n) is 10.7. The number of anilines is 1. The van der Waals surface area contributed by atoms with Crippen LogP contribution < -0.4 is 10.6 Å². The highest BCUT2D eigenvalue weighted by Gasteiger charge is 2.27. The summed E-state index contributed by atoms with van der Waals surface area (Å²) in [6.07, 6.45) is 8.01. The molecule has 4 rings (SSSR count). The number of amides is 2. The number of hydrogen-bond acceptors (Lipinski definition) is 6. The van der Waals surface area contributed by atoms with Gasteiger partial charge in [-0.3, -0.25) is 14.6 Å². The number of carbonyl (C=O) groups is 2. The molecule has 7 nitrogen and oxygen atoms in total. The Morgan fingerprint density at radius 1 is 1.06 bits per heavy atom. The fourth-order valence-corrected chi connectivity index (χ4v) is 5.83. The SMILES string of the molecule is CC(NC(=O)c1c(NC(=O)c2cccnc2)sc2c1CCCC2)c1ccc(S(C)(=O)=O)cc1. The highest BCUT2D eigenvalue weighted by molar-refractivity contribution is 7.90. The molecule has 0 saturated heterocycles. The number of benzene rings is 1. The summed E-state index contributed by atoms with van der Waals surface area (Å²) in [7, 11) is -3.28. The number of pyridine rings is 1. The van der Waals surface area contributed by atoms with Crippen LogP contribution in [-0.4, -0.2) is 31.5 Å². The minimum Gasteiger partial charge on any atom is -0.345 e. The highest BCUT2D eigenvalue weighted by atomic mass is 32.2. The molecule has 2 amide bonds. The minimum atomic E-state index is -3.28. The van der Waals surface area contributed by atoms with E-state index < -0.39 is 9.84 Å². The van der Waals surface area contributed by atoms with Gasteiger partial charge in [-0.15, -0.1) is 11.3 Å². The fourth-order valence-electron chi connectivity index (χ4n) is 3.92. The van der Waals surface area contributed by atoms with Crippen LogP contribution in [0.3, 0.4) is 0 Å². The van der Waals surface area contributed by atoms with Gasteiger partial charge in [0.25, 0.3) is 11.8 Å². The van der Waals surface area contributed by atoms with Crippen LogP contribution in [0, 0.1) is 0 Å². The summed E-state index contributed by atoms with van der Waals surface area (Å²) >= 11 is 1.46. The standard InChI is InChI=1S/C24H25N3O4S2/c1-15(16-9-11-18(12-10-16)33(2,30)31)26-23(29)21-19-7-3-4-8-20(19)32-24(21)27-22(28)17-6-5-13-25-14-17/h5-6,9-15H,3-4,7-8H2,1-2H3,(H,26,29)(H,27,28). The average Bonchev–Trinajstić information content (AvgIpc) is 3.17. The monoisotopic (exact) mass is 483 g/mol. The van der Waals surface area contributed by atoms with Gasteiger partial charge in [0.1, 0.15) is 5.00 Å². The molecule has 2 N–H and O–H groups in total. The van der Waals surface area contributed by atoms with Gasteiger partial charge in [0.2, 0.25) is 0 Å². The number of sulfone groups is 1. The van der Waals surface area contributed by atoms with Crippen LogP contribution in [-0.2, 0) is 22.7 Å². The van der Waals surface area contributed by atoms with E-state index in [4.69, 9.17) is 0 Å². The van der Waals surface area contributed by atoms with E-state index in [0.717, 1.165) is 47.9 Å². The van der Waals surface area contributed by atoms with E-state index in [9.17, 15) is 18.0 Å². The number of aryl methyl sites for hydroxylation is 1. The molecule has 0 spiro atoms. The van der Waals surface area contributed by atoms with Crippen LogP contribution >= 0.6 is 11.3 Å². The summed E-state index contributed by atoms with van der Waals surface area (Å²) in [5, 5.41) is 6.48. The average molecular weight is 484 g/mol. The Balaban J connectivity index is 1.58. The smallest absolute Gasteiger partial charge is 0.257 e. The summed E-state index contributed by atoms with van der Waals surface area (Å²) in [5.41, 5.74) is 2.74. The predicted molar refractivity (Wildman–Crippen MR) is 129 cm³/mol. The first kappa shape index (κ1) is 23.1. The van der Waals surface area contributed by atoms with Crippen molar-refractivity contribution in [2.24, 2.45) is 0 Å². The third-order valence-electron chi connectivity index (χ3n) is 5.71. The number of carbonyl (C=O) groups excluding carboxylic acids is 2. The summed E-state index contributed by atoms with van der Waals surface area (Å²) in [6, 6.07) is 9.52. The molecule has 1 atom stereocenters. The number of fused-ring (bicyclic) bond motifs is 1. The van der Waals surface area contributed by atoms with Crippen LogP contribution in [0.1, 0.15) is 62.5 Å². The molecule has 1 aromatic carbocycles. The molecule has 2 heterocycles. The van der Waals surface area contributed by atoms with Gasteiger partial charge in [0, 0.05) is 23.5 Å². The zero-order valence-electron chi connectivity index (χ0n) is 18.4. The van der Waals surface area contributed by atoms with E-state index in [2.05, 4.69) is 15.6 Å². The summed E-state index contributed by atoms with van der Waals surface area (Å²) in [5.74, 6) is -0.560. The number of nitrogens with one attached hydrogen (secondary N) is 2. The van der Waals surface area contributed by atoms with Crippen molar-refractivity contribution >= 4 is 38.0 Å². The zero-order chi connectivity index (χ0) is 23.6. The van der Waals surface area contributed by atoms with Gasteiger partial charge < -0.3 is 10.6 Å². The Morgan fingerprint density at radius 2 is 1.79 bits per heavy atom. The van der Waals surface area contributed by atoms with Gasteiger partial charge in [-0.25, -0.2) is 8.42 Å². The van der Waals surface area contributed by atoms with Gasteiger partial charge in [0.05, 0.1) is 22.1 Å². The van der Waals surface area contributed by atoms with E-state index in [1.165, 1.54) is 17.5 Å². The largest absolute Gasteiger partial charge is 0.345 e. The van der Waals surface area contributed by atoms with Crippen LogP contribution in [0.25, 0.3) is 0 Å². The Labute approximate surface area is 197 Å². The third kappa shape index (κ3) is 5.15. The number of thiophene rings is 1. The molecular formula is C24H25N3O4S2. The van der Waals surface area contributed by atoms with E-state index in [1.54, 1.807) is 42.6 Å². The minimum absolute atomic E-state index is 0.233. The molecule has 0 fully saturated rings. The van der Waals surface area contributed by atoms with Crippen LogP contribution in [0.5, 0.6) is 0 Å². The lowest BCUT2D eigenvalue weighted by Gasteiger charge is -2.17. The van der Waals surface area contributed by atoms with Gasteiger partial charge in [-0.2, -0.15) is 0 Å². The van der Waals surface area contributed by atoms with E-state index >= 15 is 0 Å². The van der Waals surface area contributed by atoms with Gasteiger partial charge in [-0.1, -0.05) is 12.1 Å². The van der Waals surface area contributed by atoms with Crippen LogP contribution in [0.4, 0.5) is 5.00 Å². The van der Waals surface area contributed by atoms with Crippen molar-refractivity contribution in [2.75, 3.05) is 11.6 Å². The predicted octanol–water partition coefficient (Wildman–Crippen LogP) is 4.17. The maximum atomic E-state index is 13.4. The second kappa shape index (κ2) is 9.44. The second-order valence-corrected chi connectivity index (χ2v) is 11.3. The topological polar surface area (TPSA) is 105 Å². The number of aromatic nitrogens is 1. The lowest BCUT2D eigenvalue weighted by molar-refractivity contribution is 0.0940. The summed E-state index contributed by atoms with van der Waals surface area (Å²) in [4.78, 5) is 31.5. The molecule has 9 heteroatoms. The lowest BCUT2D eigenvalue weighted by Crippen LogP contribution is -2.28. The first-order valence-corrected chi connectivity index (χ1v) is 13.4. The van der Waals surface area contributed by atoms with E-state index in [-0.39, 0.29) is 22.8 Å². The molecule has 0 saturated carbocycles. The normalized spacial score (nSPS) is 14.2. The molecule has 0 radical (unpaired) electrons. The highest BCUT2D eigenvalue weighted by Crippen LogP contribution is 2.38. The first-order chi connectivity index (χ1) is 15.7. The van der Waals surface area contributed by atoms with Gasteiger partial charge in [0.15, 0.2) is 9.84 Å². The molecule has 2 aromatic heterocycles. The molecule has 33 heavy (non-hydrogen) atoms. The quantitative estimate of drug-likeness (QED) is 0.548. The number of nitrogens with zero attached hydrogens (tertiary/aromatic N) is 1. The zero-order valence-corrected chi connectivity index (χ0v) is 20.1. The van der Waals surface area contributed by atoms with Crippen molar-refractivity contribution in [1.82, 2.24) is 10.3 Å². The third-order valence-corrected chi connectivity index (χ3v) is 8.04. The molecular weight excluding hydrogens is 458 g/mol. The Hall–Kier alpha value is -3.04. The molecule has 1 aliphatic carbocycles. The maximum absolute atomic E-state index is 13.4. The van der Waals surface area contributed by atoms with Gasteiger partial charge >= 0.3 is 0 Å². The van der Waals surface area contributed by atoms with Crippen LogP contribution in [0.15, 0.2) is 53.7 Å². The van der Waals surface area contributed by atoms with Crippen molar-refractivity contribution in [1.29, 1.82) is 0 Å². The molecule has 3 aromatic rings. The van der Waals surface area contributed by atoms with Gasteiger partial charge in [-0.05, 0) is 68.0 Å². The lowest BCUT2D eigenvalue weighted by atomic mass is 9.95. The van der Waals surface area contributed by atoms with Crippen molar-refractivity contribution < 1.29 is 18.0 Å². The Morgan fingerprint density at radius 3 is 2.45 bits per heavy atom. The summed E-state index contributed by atoms with van der Waals surface area (Å²) < 4.78 is 23.4. The molecule has 0 aliphatic heterocycles. The molecule has 172 valence electrons. The molecule has 1 unspecified atom stereocenters. The summed E-state index contributed by atoms with van der Waals surface area (Å²) in [6.45, 7) is 1.85.